The van der Waals surface area contributed by atoms with Crippen molar-refractivity contribution in [3.8, 4) is 11.5 Å². The van der Waals surface area contributed by atoms with Crippen molar-refractivity contribution in [2.24, 2.45) is 5.73 Å². The van der Waals surface area contributed by atoms with Gasteiger partial charge in [-0.05, 0) is 48.6 Å². The van der Waals surface area contributed by atoms with Crippen LogP contribution in [0.3, 0.4) is 0 Å². The Labute approximate surface area is 145 Å². The highest BCUT2D eigenvalue weighted by Gasteiger charge is 2.31. The van der Waals surface area contributed by atoms with Crippen molar-refractivity contribution in [2.75, 3.05) is 0 Å². The Hall–Kier alpha value is -2.21. The van der Waals surface area contributed by atoms with Gasteiger partial charge in [-0.1, -0.05) is 43.7 Å². The Morgan fingerprint density at radius 1 is 1.04 bits per heavy atom. The highest BCUT2D eigenvalue weighted by molar-refractivity contribution is 5.35. The van der Waals surface area contributed by atoms with E-state index in [0.717, 1.165) is 24.0 Å². The second-order valence-corrected chi connectivity index (χ2v) is 5.75. The summed E-state index contributed by atoms with van der Waals surface area (Å²) in [4.78, 5) is 0. The van der Waals surface area contributed by atoms with E-state index in [4.69, 9.17) is 10.5 Å². The van der Waals surface area contributed by atoms with Gasteiger partial charge in [0.25, 0.3) is 0 Å². The van der Waals surface area contributed by atoms with E-state index in [1.807, 2.05) is 31.2 Å². The van der Waals surface area contributed by atoms with Crippen LogP contribution in [-0.4, -0.2) is 12.6 Å². The van der Waals surface area contributed by atoms with Gasteiger partial charge in [0, 0.05) is 0 Å². The number of alkyl halides is 3. The molecule has 0 fully saturated rings. The fraction of sp³-hybridized carbons (Fsp3) is 0.368. The lowest BCUT2D eigenvalue weighted by atomic mass is 10.0. The molecule has 0 saturated heterocycles. The number of ether oxygens (including phenoxy) is 2. The van der Waals surface area contributed by atoms with Crippen LogP contribution in [0.4, 0.5) is 13.2 Å². The number of benzene rings is 2. The van der Waals surface area contributed by atoms with E-state index in [2.05, 4.69) is 4.74 Å². The van der Waals surface area contributed by atoms with E-state index >= 15 is 0 Å². The number of para-hydroxylation sites is 1. The molecular formula is C19H22F3NO2. The number of hydrogen-bond donors (Lipinski definition) is 1. The number of rotatable bonds is 8. The predicted molar refractivity (Wildman–Crippen MR) is 90.5 cm³/mol. The molecule has 0 amide bonds. The first-order valence-electron chi connectivity index (χ1n) is 8.22. The third kappa shape index (κ3) is 6.66. The third-order valence-corrected chi connectivity index (χ3v) is 3.64. The van der Waals surface area contributed by atoms with Crippen LogP contribution in [-0.2, 0) is 12.8 Å². The molecule has 2 rings (SSSR count). The minimum Gasteiger partial charge on any atom is -0.475 e. The molecule has 25 heavy (non-hydrogen) atoms. The highest BCUT2D eigenvalue weighted by Crippen LogP contribution is 2.25. The van der Waals surface area contributed by atoms with Crippen molar-refractivity contribution in [1.29, 1.82) is 0 Å². The molecule has 2 aromatic carbocycles. The van der Waals surface area contributed by atoms with E-state index in [-0.39, 0.29) is 12.0 Å². The SMILES string of the molecule is CCCC(N)Oc1ccccc1CCc1cccc(OC(F)(F)F)c1. The fourth-order valence-corrected chi connectivity index (χ4v) is 2.51. The van der Waals surface area contributed by atoms with Crippen molar-refractivity contribution in [2.45, 2.75) is 45.2 Å². The summed E-state index contributed by atoms with van der Waals surface area (Å²) < 4.78 is 46.7. The number of halogens is 3. The lowest BCUT2D eigenvalue weighted by Crippen LogP contribution is -2.27. The standard InChI is InChI=1S/C19H22F3NO2/c1-2-6-18(23)24-17-10-4-3-8-15(17)12-11-14-7-5-9-16(13-14)25-19(20,21)22/h3-5,7-10,13,18H,2,6,11-12,23H2,1H3. The average Bonchev–Trinajstić information content (AvgIpc) is 2.53. The van der Waals surface area contributed by atoms with E-state index in [1.54, 1.807) is 12.1 Å². The predicted octanol–water partition coefficient (Wildman–Crippen LogP) is 4.83. The zero-order valence-electron chi connectivity index (χ0n) is 14.1. The van der Waals surface area contributed by atoms with Gasteiger partial charge in [-0.2, -0.15) is 0 Å². The van der Waals surface area contributed by atoms with Crippen LogP contribution in [0.15, 0.2) is 48.5 Å². The van der Waals surface area contributed by atoms with Gasteiger partial charge in [-0.3, -0.25) is 5.73 Å². The first-order valence-corrected chi connectivity index (χ1v) is 8.22. The van der Waals surface area contributed by atoms with Crippen LogP contribution in [0.1, 0.15) is 30.9 Å². The first kappa shape index (κ1) is 19.1. The summed E-state index contributed by atoms with van der Waals surface area (Å²) >= 11 is 0. The lowest BCUT2D eigenvalue weighted by Gasteiger charge is -2.17. The average molecular weight is 353 g/mol. The molecule has 6 heteroatoms. The Bertz CT molecular complexity index is 674. The van der Waals surface area contributed by atoms with Crippen LogP contribution < -0.4 is 15.2 Å². The molecule has 136 valence electrons. The molecule has 0 aliphatic heterocycles. The molecule has 0 aromatic heterocycles. The maximum Gasteiger partial charge on any atom is 0.573 e. The highest BCUT2D eigenvalue weighted by atomic mass is 19.4. The summed E-state index contributed by atoms with van der Waals surface area (Å²) in [6, 6.07) is 13.6. The van der Waals surface area contributed by atoms with E-state index in [0.29, 0.717) is 18.6 Å². The van der Waals surface area contributed by atoms with Gasteiger partial charge >= 0.3 is 6.36 Å². The largest absolute Gasteiger partial charge is 0.573 e. The maximum atomic E-state index is 12.3. The smallest absolute Gasteiger partial charge is 0.475 e. The molecule has 1 unspecified atom stereocenters. The molecule has 2 aromatic rings. The molecule has 2 N–H and O–H groups in total. The number of nitrogens with two attached hydrogens (primary N) is 1. The monoisotopic (exact) mass is 353 g/mol. The van der Waals surface area contributed by atoms with E-state index < -0.39 is 6.36 Å². The molecular weight excluding hydrogens is 331 g/mol. The van der Waals surface area contributed by atoms with Gasteiger partial charge in [0.2, 0.25) is 0 Å². The first-order chi connectivity index (χ1) is 11.9. The van der Waals surface area contributed by atoms with Gasteiger partial charge in [0.15, 0.2) is 0 Å². The van der Waals surface area contributed by atoms with Crippen molar-refractivity contribution in [1.82, 2.24) is 0 Å². The summed E-state index contributed by atoms with van der Waals surface area (Å²) in [7, 11) is 0. The Balaban J connectivity index is 2.03. The van der Waals surface area contributed by atoms with E-state index in [9.17, 15) is 13.2 Å². The molecule has 0 saturated carbocycles. The maximum absolute atomic E-state index is 12.3. The second kappa shape index (κ2) is 8.76. The molecule has 0 aliphatic rings. The van der Waals surface area contributed by atoms with Crippen LogP contribution in [0.2, 0.25) is 0 Å². The summed E-state index contributed by atoms with van der Waals surface area (Å²) in [5, 5.41) is 0. The van der Waals surface area contributed by atoms with Gasteiger partial charge < -0.3 is 9.47 Å². The molecule has 0 spiro atoms. The summed E-state index contributed by atoms with van der Waals surface area (Å²) in [6.07, 6.45) is -2.17. The van der Waals surface area contributed by atoms with Crippen molar-refractivity contribution < 1.29 is 22.6 Å². The van der Waals surface area contributed by atoms with Gasteiger partial charge in [-0.25, -0.2) is 0 Å². The number of hydrogen-bond acceptors (Lipinski definition) is 3. The lowest BCUT2D eigenvalue weighted by molar-refractivity contribution is -0.274. The topological polar surface area (TPSA) is 44.5 Å². The van der Waals surface area contributed by atoms with Gasteiger partial charge in [-0.15, -0.1) is 13.2 Å². The molecule has 1 atom stereocenters. The Morgan fingerprint density at radius 3 is 2.52 bits per heavy atom. The molecule has 0 bridgehead atoms. The Morgan fingerprint density at radius 2 is 1.80 bits per heavy atom. The van der Waals surface area contributed by atoms with Crippen LogP contribution in [0.25, 0.3) is 0 Å². The summed E-state index contributed by atoms with van der Waals surface area (Å²) in [5.41, 5.74) is 7.65. The minimum absolute atomic E-state index is 0.209. The zero-order valence-corrected chi connectivity index (χ0v) is 14.1. The minimum atomic E-state index is -4.69. The number of aryl methyl sites for hydroxylation is 2. The van der Waals surface area contributed by atoms with Crippen molar-refractivity contribution >= 4 is 0 Å². The fourth-order valence-electron chi connectivity index (χ4n) is 2.51. The summed E-state index contributed by atoms with van der Waals surface area (Å²) in [6.45, 7) is 2.03. The van der Waals surface area contributed by atoms with Crippen LogP contribution >= 0.6 is 0 Å². The van der Waals surface area contributed by atoms with Crippen LogP contribution in [0.5, 0.6) is 11.5 Å². The van der Waals surface area contributed by atoms with Gasteiger partial charge in [0.05, 0.1) is 0 Å². The third-order valence-electron chi connectivity index (χ3n) is 3.64. The normalized spacial score (nSPS) is 12.7. The quantitative estimate of drug-likeness (QED) is 0.691. The van der Waals surface area contributed by atoms with Crippen molar-refractivity contribution in [3.63, 3.8) is 0 Å². The Kier molecular flexibility index (Phi) is 6.70. The zero-order chi connectivity index (χ0) is 18.3. The van der Waals surface area contributed by atoms with Crippen LogP contribution in [0, 0.1) is 0 Å². The van der Waals surface area contributed by atoms with Crippen molar-refractivity contribution in [3.05, 3.63) is 59.7 Å². The van der Waals surface area contributed by atoms with E-state index in [1.165, 1.54) is 12.1 Å². The molecule has 0 aliphatic carbocycles. The van der Waals surface area contributed by atoms with Gasteiger partial charge in [0.1, 0.15) is 17.7 Å². The molecule has 3 nitrogen and oxygen atoms in total. The summed E-state index contributed by atoms with van der Waals surface area (Å²) in [5.74, 6) is 0.505. The molecule has 0 heterocycles. The molecule has 0 radical (unpaired) electrons. The second-order valence-electron chi connectivity index (χ2n) is 5.75.